The summed E-state index contributed by atoms with van der Waals surface area (Å²) in [6.07, 6.45) is 3.42. The molecule has 0 unspecified atom stereocenters. The maximum atomic E-state index is 12.9. The van der Waals surface area contributed by atoms with E-state index in [9.17, 15) is 19.2 Å². The molecule has 4 nitrogen and oxygen atoms in total. The molecule has 0 bridgehead atoms. The van der Waals surface area contributed by atoms with E-state index in [0.29, 0.717) is 22.3 Å². The summed E-state index contributed by atoms with van der Waals surface area (Å²) < 4.78 is 2.20. The average molecular weight is 593 g/mol. The molecule has 0 saturated heterocycles. The summed E-state index contributed by atoms with van der Waals surface area (Å²) in [4.78, 5) is 53.5. The molecule has 2 heterocycles. The maximum absolute atomic E-state index is 12.9. The Kier molecular flexibility index (Phi) is 5.66. The van der Waals surface area contributed by atoms with Gasteiger partial charge in [0.1, 0.15) is 0 Å². The van der Waals surface area contributed by atoms with Crippen LogP contribution < -0.4 is 0 Å². The Labute approximate surface area is 254 Å². The quantitative estimate of drug-likeness (QED) is 0.152. The Bertz CT molecular complexity index is 2250. The number of carbonyl (C=O) groups excluding carboxylic acids is 4. The van der Waals surface area contributed by atoms with Crippen LogP contribution >= 0.6 is 22.7 Å². The summed E-state index contributed by atoms with van der Waals surface area (Å²) in [7, 11) is 0. The van der Waals surface area contributed by atoms with Gasteiger partial charge in [0.2, 0.25) is 0 Å². The van der Waals surface area contributed by atoms with E-state index < -0.39 is 0 Å². The summed E-state index contributed by atoms with van der Waals surface area (Å²) in [5.41, 5.74) is 5.23. The van der Waals surface area contributed by atoms with E-state index in [1.54, 1.807) is 83.4 Å². The predicted octanol–water partition coefficient (Wildman–Crippen LogP) is 9.02. The van der Waals surface area contributed by atoms with E-state index in [0.717, 1.165) is 46.6 Å². The number of carbonyl (C=O) groups is 4. The first-order valence-corrected chi connectivity index (χ1v) is 15.4. The topological polar surface area (TPSA) is 68.3 Å². The second kappa shape index (κ2) is 9.49. The third-order valence-electron chi connectivity index (χ3n) is 8.11. The lowest BCUT2D eigenvalue weighted by Gasteiger charge is -2.01. The third kappa shape index (κ3) is 3.95. The van der Waals surface area contributed by atoms with Gasteiger partial charge in [-0.2, -0.15) is 0 Å². The minimum absolute atomic E-state index is 0.202. The van der Waals surface area contributed by atoms with Crippen LogP contribution in [-0.2, 0) is 0 Å². The highest BCUT2D eigenvalue weighted by molar-refractivity contribution is 7.26. The molecule has 0 saturated carbocycles. The van der Waals surface area contributed by atoms with Crippen molar-refractivity contribution in [2.45, 2.75) is 6.92 Å². The van der Waals surface area contributed by atoms with Gasteiger partial charge in [-0.05, 0) is 54.0 Å². The Hall–Kier alpha value is -5.04. The number of thiophene rings is 2. The molecule has 8 rings (SSSR count). The van der Waals surface area contributed by atoms with Gasteiger partial charge >= 0.3 is 0 Å². The predicted molar refractivity (Wildman–Crippen MR) is 174 cm³/mol. The number of Topliss-reactive ketones (excluding diaryl/α,β-unsaturated/α-hetero) is 4. The van der Waals surface area contributed by atoms with Gasteiger partial charge in [0.15, 0.2) is 23.1 Å². The zero-order valence-electron chi connectivity index (χ0n) is 22.8. The van der Waals surface area contributed by atoms with Crippen LogP contribution in [0.25, 0.3) is 42.8 Å². The summed E-state index contributed by atoms with van der Waals surface area (Å²) >= 11 is 3.23. The molecule has 0 N–H and O–H groups in total. The van der Waals surface area contributed by atoms with Crippen molar-refractivity contribution in [3.05, 3.63) is 140 Å². The van der Waals surface area contributed by atoms with Crippen molar-refractivity contribution in [1.82, 2.24) is 0 Å². The van der Waals surface area contributed by atoms with Crippen LogP contribution in [0.1, 0.15) is 57.4 Å². The van der Waals surface area contributed by atoms with Crippen LogP contribution in [0.15, 0.2) is 102 Å². The van der Waals surface area contributed by atoms with Crippen molar-refractivity contribution in [2.24, 2.45) is 0 Å². The highest BCUT2D eigenvalue weighted by Crippen LogP contribution is 2.41. The first-order chi connectivity index (χ1) is 20.9. The van der Waals surface area contributed by atoms with Crippen molar-refractivity contribution in [3.63, 3.8) is 0 Å². The highest BCUT2D eigenvalue weighted by Gasteiger charge is 2.33. The lowest BCUT2D eigenvalue weighted by atomic mass is 10.0. The molecule has 0 fully saturated rings. The third-order valence-corrected chi connectivity index (χ3v) is 10.5. The normalized spacial score (nSPS) is 14.3. The number of aryl methyl sites for hydroxylation is 1. The van der Waals surface area contributed by atoms with Gasteiger partial charge < -0.3 is 0 Å². The van der Waals surface area contributed by atoms with Gasteiger partial charge in [-0.15, -0.1) is 22.7 Å². The monoisotopic (exact) mass is 592 g/mol. The van der Waals surface area contributed by atoms with Crippen molar-refractivity contribution < 1.29 is 19.2 Å². The molecule has 4 aromatic carbocycles. The smallest absolute Gasteiger partial charge is 0.197 e. The average Bonchev–Trinajstić information content (AvgIpc) is 3.71. The molecule has 2 aromatic heterocycles. The van der Waals surface area contributed by atoms with Gasteiger partial charge in [0.25, 0.3) is 0 Å². The minimum Gasteiger partial charge on any atom is -0.288 e. The van der Waals surface area contributed by atoms with Crippen molar-refractivity contribution >= 4 is 78.1 Å². The molecular formula is C37H20O4S2. The fourth-order valence-electron chi connectivity index (χ4n) is 6.01. The highest BCUT2D eigenvalue weighted by atomic mass is 32.1. The molecule has 2 aliphatic rings. The Morgan fingerprint density at radius 3 is 1.63 bits per heavy atom. The van der Waals surface area contributed by atoms with Crippen LogP contribution in [0, 0.1) is 6.92 Å². The second-order valence-electron chi connectivity index (χ2n) is 10.8. The Morgan fingerprint density at radius 2 is 1.05 bits per heavy atom. The van der Waals surface area contributed by atoms with E-state index in [2.05, 4.69) is 18.2 Å². The van der Waals surface area contributed by atoms with E-state index in [1.165, 1.54) is 0 Å². The lowest BCUT2D eigenvalue weighted by molar-refractivity contribution is 0.0975. The Morgan fingerprint density at radius 1 is 0.535 bits per heavy atom. The molecule has 6 aromatic rings. The summed E-state index contributed by atoms with van der Waals surface area (Å²) in [6.45, 7) is 2.04. The molecule has 0 amide bonds. The largest absolute Gasteiger partial charge is 0.288 e. The number of fused-ring (bicyclic) bond motifs is 5. The fraction of sp³-hybridized carbons (Fsp3) is 0.0270. The van der Waals surface area contributed by atoms with Crippen molar-refractivity contribution in [2.75, 3.05) is 0 Å². The molecule has 0 aliphatic heterocycles. The Balaban J connectivity index is 1.13. The number of ketones is 4. The first-order valence-electron chi connectivity index (χ1n) is 13.7. The van der Waals surface area contributed by atoms with E-state index in [1.807, 2.05) is 31.2 Å². The number of hydrogen-bond acceptors (Lipinski definition) is 6. The van der Waals surface area contributed by atoms with Crippen LogP contribution in [0.3, 0.4) is 0 Å². The number of rotatable bonds is 3. The minimum atomic E-state index is -0.228. The summed E-state index contributed by atoms with van der Waals surface area (Å²) in [5.74, 6) is -0.898. The number of allylic oxidation sites excluding steroid dienone is 2. The van der Waals surface area contributed by atoms with Gasteiger partial charge in [-0.3, -0.25) is 19.2 Å². The van der Waals surface area contributed by atoms with Crippen LogP contribution in [-0.4, -0.2) is 23.1 Å². The molecule has 6 heteroatoms. The van der Waals surface area contributed by atoms with E-state index in [4.69, 9.17) is 0 Å². The molecular weight excluding hydrogens is 573 g/mol. The fourth-order valence-corrected chi connectivity index (χ4v) is 8.31. The molecule has 2 aliphatic carbocycles. The first kappa shape index (κ1) is 25.7. The lowest BCUT2D eigenvalue weighted by Crippen LogP contribution is -2.00. The van der Waals surface area contributed by atoms with Crippen LogP contribution in [0.2, 0.25) is 0 Å². The van der Waals surface area contributed by atoms with Crippen LogP contribution in [0.4, 0.5) is 0 Å². The SMILES string of the molecule is Cc1cc(C=C2C(=O)c3ccccc3C2=O)sc1-c1ccc2c(c1)sc1cc(C=C3C(=O)c4ccccc4C3=O)ccc12. The van der Waals surface area contributed by atoms with Crippen molar-refractivity contribution in [1.29, 1.82) is 0 Å². The molecule has 0 radical (unpaired) electrons. The van der Waals surface area contributed by atoms with Gasteiger partial charge in [0, 0.05) is 52.2 Å². The molecule has 204 valence electrons. The number of hydrogen-bond donors (Lipinski definition) is 0. The molecule has 43 heavy (non-hydrogen) atoms. The second-order valence-corrected chi connectivity index (χ2v) is 12.9. The summed E-state index contributed by atoms with van der Waals surface area (Å²) in [6, 6.07) is 28.4. The van der Waals surface area contributed by atoms with Gasteiger partial charge in [0.05, 0.1) is 11.1 Å². The maximum Gasteiger partial charge on any atom is 0.197 e. The summed E-state index contributed by atoms with van der Waals surface area (Å²) in [5, 5.41) is 2.26. The van der Waals surface area contributed by atoms with Gasteiger partial charge in [-0.1, -0.05) is 72.8 Å². The standard InChI is InChI=1S/C37H20O4S2/c1-19-14-22(18-30-35(40)27-8-4-5-9-28(27)36(30)41)42-37(19)21-11-13-24-23-12-10-20(16-31(23)43-32(24)17-21)15-29-33(38)25-6-2-3-7-26(25)34(29)39/h2-18H,1H3. The van der Waals surface area contributed by atoms with Crippen molar-refractivity contribution in [3.8, 4) is 10.4 Å². The van der Waals surface area contributed by atoms with E-state index >= 15 is 0 Å². The van der Waals surface area contributed by atoms with Gasteiger partial charge in [-0.25, -0.2) is 0 Å². The number of benzene rings is 4. The molecule has 0 spiro atoms. The van der Waals surface area contributed by atoms with Crippen LogP contribution in [0.5, 0.6) is 0 Å². The van der Waals surface area contributed by atoms with E-state index in [-0.39, 0.29) is 34.3 Å². The molecule has 0 atom stereocenters. The zero-order valence-corrected chi connectivity index (χ0v) is 24.4. The zero-order chi connectivity index (χ0) is 29.4.